The van der Waals surface area contributed by atoms with Crippen LogP contribution >= 0.6 is 0 Å². The Kier molecular flexibility index (Phi) is 5.81. The zero-order valence-electron chi connectivity index (χ0n) is 14.8. The van der Waals surface area contributed by atoms with E-state index in [0.717, 1.165) is 0 Å². The molecule has 27 heavy (non-hydrogen) atoms. The number of nitriles is 1. The molecule has 1 aromatic carbocycles. The summed E-state index contributed by atoms with van der Waals surface area (Å²) in [5.41, 5.74) is 1.53. The van der Waals surface area contributed by atoms with Crippen molar-refractivity contribution in [1.82, 2.24) is 20.3 Å². The van der Waals surface area contributed by atoms with Crippen molar-refractivity contribution in [2.45, 2.75) is 37.8 Å². The quantitative estimate of drug-likeness (QED) is 0.642. The highest BCUT2D eigenvalue weighted by molar-refractivity contribution is 5.94. The lowest BCUT2D eigenvalue weighted by Crippen LogP contribution is -2.43. The maximum Gasteiger partial charge on any atom is 0.251 e. The molecule has 1 saturated carbocycles. The number of rotatable bonds is 6. The Balaban J connectivity index is 1.61. The second kappa shape index (κ2) is 8.26. The fourth-order valence-electron chi connectivity index (χ4n) is 3.28. The van der Waals surface area contributed by atoms with E-state index >= 15 is 0 Å². The highest BCUT2D eigenvalue weighted by Crippen LogP contribution is 2.28. The van der Waals surface area contributed by atoms with Gasteiger partial charge < -0.3 is 20.3 Å². The number of benzene rings is 1. The first-order chi connectivity index (χ1) is 13.0. The number of carbonyl (C=O) groups is 1. The Bertz CT molecular complexity index is 829. The first-order valence-electron chi connectivity index (χ1n) is 8.57. The molecule has 1 aromatic heterocycles. The molecule has 1 amide bonds. The van der Waals surface area contributed by atoms with Gasteiger partial charge in [0.15, 0.2) is 0 Å². The SMILES string of the molecule is COCc1cn(C[C@H]2C[C@@H](NC(=O)c3ccc(C#N)cc3)[C@H](O)[C@@H]2O)nn1. The van der Waals surface area contributed by atoms with Crippen LogP contribution in [0.3, 0.4) is 0 Å². The summed E-state index contributed by atoms with van der Waals surface area (Å²) in [6, 6.07) is 7.63. The van der Waals surface area contributed by atoms with Gasteiger partial charge in [-0.1, -0.05) is 5.21 Å². The van der Waals surface area contributed by atoms with Crippen molar-refractivity contribution in [3.05, 3.63) is 47.3 Å². The van der Waals surface area contributed by atoms with Gasteiger partial charge in [-0.05, 0) is 30.7 Å². The van der Waals surface area contributed by atoms with E-state index in [9.17, 15) is 15.0 Å². The average Bonchev–Trinajstić information content (AvgIpc) is 3.22. The summed E-state index contributed by atoms with van der Waals surface area (Å²) in [5, 5.41) is 40.1. The molecule has 9 heteroatoms. The molecule has 0 bridgehead atoms. The third-order valence-corrected chi connectivity index (χ3v) is 4.69. The standard InChI is InChI=1S/C18H21N5O4/c1-27-10-14-9-23(22-21-14)8-13-6-15(17(25)16(13)24)20-18(26)12-4-2-11(7-19)3-5-12/h2-5,9,13,15-17,24-25H,6,8,10H2,1H3,(H,20,26)/t13-,15-,16-,17+/m1/s1. The number of aliphatic hydroxyl groups is 2. The lowest BCUT2D eigenvalue weighted by atomic mass is 10.1. The van der Waals surface area contributed by atoms with Crippen LogP contribution in [0.4, 0.5) is 0 Å². The van der Waals surface area contributed by atoms with E-state index in [1.165, 1.54) is 0 Å². The van der Waals surface area contributed by atoms with Crippen molar-refractivity contribution >= 4 is 5.91 Å². The van der Waals surface area contributed by atoms with Crippen molar-refractivity contribution in [3.8, 4) is 6.07 Å². The molecule has 1 aliphatic rings. The molecule has 142 valence electrons. The molecule has 0 radical (unpaired) electrons. The smallest absolute Gasteiger partial charge is 0.251 e. The monoisotopic (exact) mass is 371 g/mol. The number of carbonyl (C=O) groups excluding carboxylic acids is 1. The van der Waals surface area contributed by atoms with E-state index in [4.69, 9.17) is 10.00 Å². The number of nitrogens with zero attached hydrogens (tertiary/aromatic N) is 4. The van der Waals surface area contributed by atoms with Gasteiger partial charge in [0, 0.05) is 25.1 Å². The summed E-state index contributed by atoms with van der Waals surface area (Å²) in [5.74, 6) is -0.636. The van der Waals surface area contributed by atoms with Gasteiger partial charge in [-0.3, -0.25) is 9.48 Å². The predicted octanol–water partition coefficient (Wildman–Crippen LogP) is -0.164. The van der Waals surface area contributed by atoms with Crippen LogP contribution in [-0.2, 0) is 17.9 Å². The minimum absolute atomic E-state index is 0.275. The maximum absolute atomic E-state index is 12.4. The van der Waals surface area contributed by atoms with Gasteiger partial charge in [0.25, 0.3) is 5.91 Å². The fraction of sp³-hybridized carbons (Fsp3) is 0.444. The van der Waals surface area contributed by atoms with Gasteiger partial charge in [0.2, 0.25) is 0 Å². The summed E-state index contributed by atoms with van der Waals surface area (Å²) >= 11 is 0. The summed E-state index contributed by atoms with van der Waals surface area (Å²) in [4.78, 5) is 12.4. The first kappa shape index (κ1) is 19.0. The third kappa shape index (κ3) is 4.31. The molecule has 1 heterocycles. The Hall–Kier alpha value is -2.80. The zero-order chi connectivity index (χ0) is 19.4. The van der Waals surface area contributed by atoms with Crippen molar-refractivity contribution in [1.29, 1.82) is 5.26 Å². The van der Waals surface area contributed by atoms with Gasteiger partial charge in [-0.2, -0.15) is 5.26 Å². The molecular weight excluding hydrogens is 350 g/mol. The normalized spacial score (nSPS) is 24.5. The predicted molar refractivity (Wildman–Crippen MR) is 93.3 cm³/mol. The molecule has 4 atom stereocenters. The number of ether oxygens (including phenoxy) is 1. The Morgan fingerprint density at radius 1 is 1.37 bits per heavy atom. The number of nitrogens with one attached hydrogen (secondary N) is 1. The number of methoxy groups -OCH3 is 1. The van der Waals surface area contributed by atoms with Crippen molar-refractivity contribution in [2.24, 2.45) is 5.92 Å². The van der Waals surface area contributed by atoms with Gasteiger partial charge >= 0.3 is 0 Å². The molecule has 0 aliphatic heterocycles. The highest BCUT2D eigenvalue weighted by atomic mass is 16.5. The molecule has 0 spiro atoms. The van der Waals surface area contributed by atoms with Crippen LogP contribution in [0.25, 0.3) is 0 Å². The molecule has 3 rings (SSSR count). The summed E-state index contributed by atoms with van der Waals surface area (Å²) in [6.07, 6.45) is 0.0837. The van der Waals surface area contributed by atoms with Crippen molar-refractivity contribution < 1.29 is 19.7 Å². The van der Waals surface area contributed by atoms with Crippen LogP contribution in [0.2, 0.25) is 0 Å². The van der Waals surface area contributed by atoms with E-state index in [2.05, 4.69) is 15.6 Å². The molecule has 0 unspecified atom stereocenters. The summed E-state index contributed by atoms with van der Waals surface area (Å²) in [6.45, 7) is 0.720. The Morgan fingerprint density at radius 2 is 2.11 bits per heavy atom. The number of hydrogen-bond donors (Lipinski definition) is 3. The molecule has 2 aromatic rings. The van der Waals surface area contributed by atoms with Gasteiger partial charge in [-0.25, -0.2) is 0 Å². The average molecular weight is 371 g/mol. The van der Waals surface area contributed by atoms with Gasteiger partial charge in [0.05, 0.1) is 36.6 Å². The molecule has 3 N–H and O–H groups in total. The van der Waals surface area contributed by atoms with Crippen LogP contribution in [0.15, 0.2) is 30.5 Å². The van der Waals surface area contributed by atoms with Gasteiger partial charge in [-0.15, -0.1) is 5.10 Å². The first-order valence-corrected chi connectivity index (χ1v) is 8.57. The van der Waals surface area contributed by atoms with Crippen LogP contribution in [0.5, 0.6) is 0 Å². The third-order valence-electron chi connectivity index (χ3n) is 4.69. The van der Waals surface area contributed by atoms with E-state index < -0.39 is 18.2 Å². The zero-order valence-corrected chi connectivity index (χ0v) is 14.8. The van der Waals surface area contributed by atoms with Crippen LogP contribution in [0, 0.1) is 17.2 Å². The summed E-state index contributed by atoms with van der Waals surface area (Å²) < 4.78 is 6.59. The topological polar surface area (TPSA) is 133 Å². The fourth-order valence-corrected chi connectivity index (χ4v) is 3.28. The molecule has 0 saturated heterocycles. The van der Waals surface area contributed by atoms with Crippen molar-refractivity contribution in [2.75, 3.05) is 7.11 Å². The minimum Gasteiger partial charge on any atom is -0.390 e. The number of amides is 1. The highest BCUT2D eigenvalue weighted by Gasteiger charge is 2.42. The van der Waals surface area contributed by atoms with E-state index in [0.29, 0.717) is 36.4 Å². The largest absolute Gasteiger partial charge is 0.390 e. The second-order valence-corrected chi connectivity index (χ2v) is 6.61. The molecular formula is C18H21N5O4. The minimum atomic E-state index is -1.07. The van der Waals surface area contributed by atoms with E-state index in [-0.39, 0.29) is 11.8 Å². The lowest BCUT2D eigenvalue weighted by Gasteiger charge is -2.18. The molecule has 9 nitrogen and oxygen atoms in total. The number of aromatic nitrogens is 3. The Labute approximate surface area is 156 Å². The van der Waals surface area contributed by atoms with E-state index in [1.807, 2.05) is 6.07 Å². The van der Waals surface area contributed by atoms with Crippen LogP contribution in [-0.4, -0.2) is 56.5 Å². The van der Waals surface area contributed by atoms with E-state index in [1.54, 1.807) is 42.3 Å². The van der Waals surface area contributed by atoms with Crippen LogP contribution < -0.4 is 5.32 Å². The maximum atomic E-state index is 12.4. The molecule has 1 aliphatic carbocycles. The lowest BCUT2D eigenvalue weighted by molar-refractivity contribution is 0.00761. The van der Waals surface area contributed by atoms with Crippen molar-refractivity contribution in [3.63, 3.8) is 0 Å². The number of aliphatic hydroxyl groups excluding tert-OH is 2. The number of hydrogen-bond acceptors (Lipinski definition) is 7. The second-order valence-electron chi connectivity index (χ2n) is 6.61. The van der Waals surface area contributed by atoms with Gasteiger partial charge in [0.1, 0.15) is 11.8 Å². The van der Waals surface area contributed by atoms with Crippen LogP contribution in [0.1, 0.15) is 28.0 Å². The molecule has 1 fully saturated rings. The summed E-state index contributed by atoms with van der Waals surface area (Å²) in [7, 11) is 1.57. The Morgan fingerprint density at radius 3 is 2.78 bits per heavy atom.